The van der Waals surface area contributed by atoms with Crippen LogP contribution in [-0.4, -0.2) is 22.0 Å². The zero-order valence-corrected chi connectivity index (χ0v) is 16.1. The zero-order chi connectivity index (χ0) is 15.1. The molecule has 2 heteroatoms. The summed E-state index contributed by atoms with van der Waals surface area (Å²) in [6.07, 6.45) is 14.1. The lowest BCUT2D eigenvalue weighted by Crippen LogP contribution is -2.02. The highest BCUT2D eigenvalue weighted by atomic mass is 32.2. The normalized spacial score (nSPS) is 14.4. The van der Waals surface area contributed by atoms with Crippen molar-refractivity contribution in [3.05, 3.63) is 0 Å². The van der Waals surface area contributed by atoms with Crippen molar-refractivity contribution in [3.8, 4) is 0 Å². The molecule has 2 unspecified atom stereocenters. The van der Waals surface area contributed by atoms with E-state index in [9.17, 15) is 0 Å². The molecule has 0 N–H and O–H groups in total. The average Bonchev–Trinajstić information content (AvgIpc) is 2.44. The van der Waals surface area contributed by atoms with Crippen LogP contribution in [-0.2, 0) is 0 Å². The highest BCUT2D eigenvalue weighted by Gasteiger charge is 2.05. The molecular formula is C18H38S2. The quantitative estimate of drug-likeness (QED) is 0.293. The fourth-order valence-electron chi connectivity index (χ4n) is 2.38. The first-order valence-electron chi connectivity index (χ1n) is 8.93. The second kappa shape index (κ2) is 16.1. The lowest BCUT2D eigenvalue weighted by atomic mass is 10.1. The van der Waals surface area contributed by atoms with Gasteiger partial charge in [-0.05, 0) is 12.8 Å². The summed E-state index contributed by atoms with van der Waals surface area (Å²) >= 11 is 4.38. The van der Waals surface area contributed by atoms with E-state index in [1.807, 2.05) is 0 Å². The molecule has 0 rings (SSSR count). The molecule has 0 aliphatic rings. The summed E-state index contributed by atoms with van der Waals surface area (Å²) in [7, 11) is 0. The maximum Gasteiger partial charge on any atom is 0.00263 e. The summed E-state index contributed by atoms with van der Waals surface area (Å²) in [4.78, 5) is 0. The Labute approximate surface area is 137 Å². The van der Waals surface area contributed by atoms with Gasteiger partial charge in [-0.3, -0.25) is 0 Å². The molecule has 0 saturated heterocycles. The molecule has 0 saturated carbocycles. The van der Waals surface area contributed by atoms with Gasteiger partial charge in [0.1, 0.15) is 0 Å². The van der Waals surface area contributed by atoms with Crippen LogP contribution < -0.4 is 0 Å². The van der Waals surface area contributed by atoms with Crippen molar-refractivity contribution in [1.29, 1.82) is 0 Å². The van der Waals surface area contributed by atoms with Crippen LogP contribution in [0.25, 0.3) is 0 Å². The summed E-state index contributed by atoms with van der Waals surface area (Å²) in [6.45, 7) is 9.41. The Morgan fingerprint density at radius 3 is 1.35 bits per heavy atom. The van der Waals surface area contributed by atoms with Gasteiger partial charge in [-0.15, -0.1) is 0 Å². The average molecular weight is 319 g/mol. The Kier molecular flexibility index (Phi) is 16.6. The fraction of sp³-hybridized carbons (Fsp3) is 1.00. The number of hydrogen-bond acceptors (Lipinski definition) is 2. The number of rotatable bonds is 15. The van der Waals surface area contributed by atoms with Crippen molar-refractivity contribution >= 4 is 23.5 Å². The van der Waals surface area contributed by atoms with Crippen LogP contribution in [0, 0.1) is 0 Å². The Bertz CT molecular complexity index is 162. The van der Waals surface area contributed by atoms with E-state index in [1.54, 1.807) is 0 Å². The number of thioether (sulfide) groups is 2. The summed E-state index contributed by atoms with van der Waals surface area (Å²) < 4.78 is 0. The first-order chi connectivity index (χ1) is 9.70. The van der Waals surface area contributed by atoms with Crippen molar-refractivity contribution in [2.24, 2.45) is 0 Å². The maximum absolute atomic E-state index is 2.41. The molecule has 0 aliphatic carbocycles. The highest BCUT2D eigenvalue weighted by Crippen LogP contribution is 2.22. The monoisotopic (exact) mass is 318 g/mol. The fourth-order valence-corrected chi connectivity index (χ4v) is 4.62. The molecular weight excluding hydrogens is 280 g/mol. The molecule has 0 amide bonds. The minimum Gasteiger partial charge on any atom is -0.158 e. The van der Waals surface area contributed by atoms with Crippen molar-refractivity contribution in [3.63, 3.8) is 0 Å². The van der Waals surface area contributed by atoms with Gasteiger partial charge in [0.15, 0.2) is 0 Å². The third kappa shape index (κ3) is 15.1. The molecule has 0 aromatic carbocycles. The first kappa shape index (κ1) is 20.7. The van der Waals surface area contributed by atoms with E-state index in [4.69, 9.17) is 0 Å². The molecule has 0 nitrogen and oxygen atoms in total. The zero-order valence-electron chi connectivity index (χ0n) is 14.5. The summed E-state index contributed by atoms with van der Waals surface area (Å²) in [6, 6.07) is 0. The molecule has 20 heavy (non-hydrogen) atoms. The van der Waals surface area contributed by atoms with E-state index < -0.39 is 0 Å². The van der Waals surface area contributed by atoms with Crippen LogP contribution in [0.2, 0.25) is 0 Å². The van der Waals surface area contributed by atoms with Gasteiger partial charge in [0.2, 0.25) is 0 Å². The number of unbranched alkanes of at least 4 members (excludes halogenated alkanes) is 6. The van der Waals surface area contributed by atoms with Gasteiger partial charge in [-0.1, -0.05) is 79.1 Å². The van der Waals surface area contributed by atoms with Crippen molar-refractivity contribution in [1.82, 2.24) is 0 Å². The van der Waals surface area contributed by atoms with Gasteiger partial charge in [0, 0.05) is 22.0 Å². The third-order valence-electron chi connectivity index (χ3n) is 3.82. The summed E-state index contributed by atoms with van der Waals surface area (Å²) in [5.41, 5.74) is 0. The second-order valence-electron chi connectivity index (χ2n) is 6.06. The van der Waals surface area contributed by atoms with Crippen LogP contribution in [0.1, 0.15) is 91.9 Å². The second-order valence-corrected chi connectivity index (χ2v) is 9.15. The SMILES string of the molecule is CCCCCCC(C)SCCSC(C)CCCCCC. The van der Waals surface area contributed by atoms with Gasteiger partial charge in [-0.25, -0.2) is 0 Å². The molecule has 0 fully saturated rings. The molecule has 0 radical (unpaired) electrons. The Morgan fingerprint density at radius 2 is 1.00 bits per heavy atom. The molecule has 2 atom stereocenters. The number of hydrogen-bond donors (Lipinski definition) is 0. The minimum absolute atomic E-state index is 0.868. The maximum atomic E-state index is 2.41. The van der Waals surface area contributed by atoms with Crippen LogP contribution in [0.4, 0.5) is 0 Å². The molecule has 0 bridgehead atoms. The lowest BCUT2D eigenvalue weighted by Gasteiger charge is -2.13. The van der Waals surface area contributed by atoms with Crippen LogP contribution in [0.3, 0.4) is 0 Å². The molecule has 0 aromatic rings. The molecule has 122 valence electrons. The van der Waals surface area contributed by atoms with E-state index in [2.05, 4.69) is 51.2 Å². The predicted molar refractivity (Wildman–Crippen MR) is 101 cm³/mol. The van der Waals surface area contributed by atoms with E-state index in [1.165, 1.54) is 75.7 Å². The standard InChI is InChI=1S/C18H38S2/c1-5-7-9-11-13-17(3)19-15-16-20-18(4)14-12-10-8-6-2/h17-18H,5-16H2,1-4H3. The van der Waals surface area contributed by atoms with Crippen molar-refractivity contribution in [2.45, 2.75) is 102 Å². The Hall–Kier alpha value is 0.700. The predicted octanol–water partition coefficient (Wildman–Crippen LogP) is 7.17. The molecule has 0 aromatic heterocycles. The van der Waals surface area contributed by atoms with E-state index in [0.29, 0.717) is 0 Å². The van der Waals surface area contributed by atoms with E-state index in [-0.39, 0.29) is 0 Å². The topological polar surface area (TPSA) is 0 Å². The lowest BCUT2D eigenvalue weighted by molar-refractivity contribution is 0.630. The van der Waals surface area contributed by atoms with Gasteiger partial charge in [0.05, 0.1) is 0 Å². The van der Waals surface area contributed by atoms with Gasteiger partial charge in [0.25, 0.3) is 0 Å². The van der Waals surface area contributed by atoms with E-state index in [0.717, 1.165) is 10.5 Å². The largest absolute Gasteiger partial charge is 0.158 e. The minimum atomic E-state index is 0.868. The summed E-state index contributed by atoms with van der Waals surface area (Å²) in [5, 5.41) is 1.74. The smallest absolute Gasteiger partial charge is 0.00263 e. The summed E-state index contributed by atoms with van der Waals surface area (Å²) in [5.74, 6) is 2.69. The van der Waals surface area contributed by atoms with Gasteiger partial charge in [-0.2, -0.15) is 23.5 Å². The highest BCUT2D eigenvalue weighted by molar-refractivity contribution is 8.03. The first-order valence-corrected chi connectivity index (χ1v) is 11.0. The third-order valence-corrected chi connectivity index (χ3v) is 6.56. The Balaban J connectivity index is 3.28. The Morgan fingerprint density at radius 1 is 0.600 bits per heavy atom. The van der Waals surface area contributed by atoms with E-state index >= 15 is 0 Å². The van der Waals surface area contributed by atoms with Crippen LogP contribution in [0.5, 0.6) is 0 Å². The van der Waals surface area contributed by atoms with Gasteiger partial charge < -0.3 is 0 Å². The van der Waals surface area contributed by atoms with Crippen LogP contribution in [0.15, 0.2) is 0 Å². The molecule has 0 spiro atoms. The van der Waals surface area contributed by atoms with Crippen molar-refractivity contribution < 1.29 is 0 Å². The van der Waals surface area contributed by atoms with Crippen molar-refractivity contribution in [2.75, 3.05) is 11.5 Å². The van der Waals surface area contributed by atoms with Gasteiger partial charge >= 0.3 is 0 Å². The van der Waals surface area contributed by atoms with Crippen LogP contribution >= 0.6 is 23.5 Å². The molecule has 0 heterocycles. The molecule has 0 aliphatic heterocycles.